The molecule has 0 N–H and O–H groups in total. The van der Waals surface area contributed by atoms with Crippen LogP contribution in [0.15, 0.2) is 0 Å². The summed E-state index contributed by atoms with van der Waals surface area (Å²) in [5.41, 5.74) is -0.298. The van der Waals surface area contributed by atoms with Crippen LogP contribution in [0.4, 0.5) is 0 Å². The molecule has 5 heteroatoms. The van der Waals surface area contributed by atoms with Crippen molar-refractivity contribution in [2.45, 2.75) is 33.7 Å². The van der Waals surface area contributed by atoms with Crippen LogP contribution in [0.25, 0.3) is 0 Å². The van der Waals surface area contributed by atoms with Gasteiger partial charge in [0.05, 0.1) is 25.0 Å². The summed E-state index contributed by atoms with van der Waals surface area (Å²) in [4.78, 5) is 26.2. The molecule has 3 atom stereocenters. The molecule has 0 amide bonds. The lowest BCUT2D eigenvalue weighted by molar-refractivity contribution is -0.195. The molecule has 0 aromatic heterocycles. The minimum atomic E-state index is -0.441. The predicted octanol–water partition coefficient (Wildman–Crippen LogP) is 1.31. The number of carbonyl (C=O) groups is 2. The third-order valence-corrected chi connectivity index (χ3v) is 3.92. The maximum Gasteiger partial charge on any atom is 0.311 e. The van der Waals surface area contributed by atoms with E-state index in [4.69, 9.17) is 9.47 Å². The predicted molar refractivity (Wildman–Crippen MR) is 71.5 cm³/mol. The van der Waals surface area contributed by atoms with Crippen molar-refractivity contribution in [2.75, 3.05) is 27.3 Å². The fourth-order valence-corrected chi connectivity index (χ4v) is 3.35. The Morgan fingerprint density at radius 2 is 1.53 bits per heavy atom. The second kappa shape index (κ2) is 5.90. The van der Waals surface area contributed by atoms with Crippen molar-refractivity contribution in [3.8, 4) is 0 Å². The molecule has 0 aliphatic heterocycles. The van der Waals surface area contributed by atoms with Gasteiger partial charge in [-0.1, -0.05) is 13.8 Å². The molecule has 0 spiro atoms. The van der Waals surface area contributed by atoms with E-state index in [-0.39, 0.29) is 23.4 Å². The minimum Gasteiger partial charge on any atom is -0.466 e. The number of hydrogen-bond donors (Lipinski definition) is 0. The van der Waals surface area contributed by atoms with Crippen LogP contribution < -0.4 is 0 Å². The highest BCUT2D eigenvalue weighted by Crippen LogP contribution is 2.53. The molecule has 0 unspecified atom stereocenters. The molecule has 1 fully saturated rings. The molecule has 0 bridgehead atoms. The number of nitrogens with zero attached hydrogens (tertiary/aromatic N) is 1. The van der Waals surface area contributed by atoms with E-state index in [2.05, 4.69) is 0 Å². The largest absolute Gasteiger partial charge is 0.466 e. The molecule has 19 heavy (non-hydrogen) atoms. The summed E-state index contributed by atoms with van der Waals surface area (Å²) in [5, 5.41) is 0. The summed E-state index contributed by atoms with van der Waals surface area (Å²) in [5.74, 6) is -1.48. The minimum absolute atomic E-state index is 0.0130. The summed E-state index contributed by atoms with van der Waals surface area (Å²) in [7, 11) is 3.83. The standard InChI is InChI=1S/C14H25NO4/c1-7-18-12(16)9-10(13(17)19-8-2)14(3,4)11(9)15(5)6/h9-11H,7-8H2,1-6H3/t9-,10-,11-/m1/s1. The van der Waals surface area contributed by atoms with E-state index in [9.17, 15) is 9.59 Å². The summed E-state index contributed by atoms with van der Waals surface area (Å²) >= 11 is 0. The van der Waals surface area contributed by atoms with Crippen molar-refractivity contribution >= 4 is 11.9 Å². The number of ether oxygens (including phenoxy) is 2. The van der Waals surface area contributed by atoms with Crippen molar-refractivity contribution in [1.29, 1.82) is 0 Å². The number of rotatable bonds is 5. The first-order valence-corrected chi connectivity index (χ1v) is 6.78. The van der Waals surface area contributed by atoms with E-state index in [0.717, 1.165) is 0 Å². The van der Waals surface area contributed by atoms with Crippen LogP contribution in [-0.2, 0) is 19.1 Å². The Kier molecular flexibility index (Phi) is 4.96. The molecule has 0 aromatic rings. The molecular weight excluding hydrogens is 246 g/mol. The molecular formula is C14H25NO4. The van der Waals surface area contributed by atoms with Gasteiger partial charge in [-0.15, -0.1) is 0 Å². The summed E-state index contributed by atoms with van der Waals surface area (Å²) in [6.45, 7) is 8.18. The average Bonchev–Trinajstić information content (AvgIpc) is 2.25. The molecule has 0 radical (unpaired) electrons. The lowest BCUT2D eigenvalue weighted by Crippen LogP contribution is -2.68. The van der Waals surface area contributed by atoms with Crippen molar-refractivity contribution in [3.05, 3.63) is 0 Å². The average molecular weight is 271 g/mol. The van der Waals surface area contributed by atoms with Crippen LogP contribution in [0.3, 0.4) is 0 Å². The van der Waals surface area contributed by atoms with Gasteiger partial charge in [-0.25, -0.2) is 0 Å². The van der Waals surface area contributed by atoms with Gasteiger partial charge in [-0.05, 0) is 33.4 Å². The second-order valence-electron chi connectivity index (χ2n) is 5.74. The highest BCUT2D eigenvalue weighted by Gasteiger charge is 2.64. The van der Waals surface area contributed by atoms with E-state index in [1.807, 2.05) is 32.8 Å². The smallest absolute Gasteiger partial charge is 0.311 e. The molecule has 0 aromatic carbocycles. The van der Waals surface area contributed by atoms with Crippen molar-refractivity contribution in [2.24, 2.45) is 17.3 Å². The van der Waals surface area contributed by atoms with E-state index in [1.165, 1.54) is 0 Å². The third-order valence-electron chi connectivity index (χ3n) is 3.92. The zero-order chi connectivity index (χ0) is 14.8. The van der Waals surface area contributed by atoms with E-state index in [1.54, 1.807) is 13.8 Å². The van der Waals surface area contributed by atoms with Crippen LogP contribution in [0.5, 0.6) is 0 Å². The lowest BCUT2D eigenvalue weighted by Gasteiger charge is -2.57. The van der Waals surface area contributed by atoms with Gasteiger partial charge >= 0.3 is 11.9 Å². The van der Waals surface area contributed by atoms with Crippen LogP contribution >= 0.6 is 0 Å². The van der Waals surface area contributed by atoms with Gasteiger partial charge < -0.3 is 14.4 Å². The molecule has 1 aliphatic rings. The molecule has 0 saturated heterocycles. The quantitative estimate of drug-likeness (QED) is 0.706. The second-order valence-corrected chi connectivity index (χ2v) is 5.74. The Labute approximate surface area is 115 Å². The first-order chi connectivity index (χ1) is 8.78. The Morgan fingerprint density at radius 1 is 1.05 bits per heavy atom. The van der Waals surface area contributed by atoms with Crippen molar-refractivity contribution in [3.63, 3.8) is 0 Å². The number of esters is 2. The Balaban J connectivity index is 2.98. The van der Waals surface area contributed by atoms with Gasteiger partial charge in [0.25, 0.3) is 0 Å². The Morgan fingerprint density at radius 3 is 1.95 bits per heavy atom. The Hall–Kier alpha value is -1.10. The molecule has 110 valence electrons. The Bertz CT molecular complexity index is 351. The summed E-state index contributed by atoms with van der Waals surface area (Å²) in [6.07, 6.45) is 0. The molecule has 1 aliphatic carbocycles. The lowest BCUT2D eigenvalue weighted by atomic mass is 9.51. The number of hydrogen-bond acceptors (Lipinski definition) is 5. The van der Waals surface area contributed by atoms with Gasteiger partial charge in [0.2, 0.25) is 0 Å². The van der Waals surface area contributed by atoms with Crippen molar-refractivity contribution in [1.82, 2.24) is 4.90 Å². The van der Waals surface area contributed by atoms with E-state index < -0.39 is 11.8 Å². The fraction of sp³-hybridized carbons (Fsp3) is 0.857. The summed E-state index contributed by atoms with van der Waals surface area (Å²) in [6, 6.07) is -0.0130. The van der Waals surface area contributed by atoms with Crippen LogP contribution in [0.1, 0.15) is 27.7 Å². The zero-order valence-corrected chi connectivity index (χ0v) is 12.7. The first kappa shape index (κ1) is 16.0. The molecule has 5 nitrogen and oxygen atoms in total. The molecule has 1 saturated carbocycles. The van der Waals surface area contributed by atoms with Crippen LogP contribution in [-0.4, -0.2) is 50.2 Å². The van der Waals surface area contributed by atoms with Gasteiger partial charge in [-0.3, -0.25) is 9.59 Å². The van der Waals surface area contributed by atoms with Gasteiger partial charge in [0.1, 0.15) is 0 Å². The van der Waals surface area contributed by atoms with Crippen LogP contribution in [0, 0.1) is 17.3 Å². The molecule has 0 heterocycles. The third kappa shape index (κ3) is 2.76. The summed E-state index contributed by atoms with van der Waals surface area (Å²) < 4.78 is 10.2. The van der Waals surface area contributed by atoms with Gasteiger partial charge in [0, 0.05) is 6.04 Å². The van der Waals surface area contributed by atoms with E-state index >= 15 is 0 Å². The molecule has 1 rings (SSSR count). The highest BCUT2D eigenvalue weighted by atomic mass is 16.5. The van der Waals surface area contributed by atoms with Gasteiger partial charge in [-0.2, -0.15) is 0 Å². The highest BCUT2D eigenvalue weighted by molar-refractivity contribution is 5.86. The van der Waals surface area contributed by atoms with Crippen LogP contribution in [0.2, 0.25) is 0 Å². The normalized spacial score (nSPS) is 28.7. The van der Waals surface area contributed by atoms with Gasteiger partial charge in [0.15, 0.2) is 0 Å². The topological polar surface area (TPSA) is 55.8 Å². The maximum atomic E-state index is 12.1. The number of carbonyl (C=O) groups excluding carboxylic acids is 2. The maximum absolute atomic E-state index is 12.1. The SMILES string of the molecule is CCOC(=O)[C@@H]1[C@H](C(=O)OCC)C(C)(C)[C@@H]1N(C)C. The fourth-order valence-electron chi connectivity index (χ4n) is 3.35. The zero-order valence-electron chi connectivity index (χ0n) is 12.7. The van der Waals surface area contributed by atoms with E-state index in [0.29, 0.717) is 13.2 Å². The first-order valence-electron chi connectivity index (χ1n) is 6.78. The monoisotopic (exact) mass is 271 g/mol. The van der Waals surface area contributed by atoms with Crippen molar-refractivity contribution < 1.29 is 19.1 Å².